The zero-order valence-electron chi connectivity index (χ0n) is 13.9. The van der Waals surface area contributed by atoms with E-state index in [1.165, 1.54) is 0 Å². The van der Waals surface area contributed by atoms with Gasteiger partial charge in [0.05, 0.1) is 5.92 Å². The second-order valence-corrected chi connectivity index (χ2v) is 6.54. The number of hydrogen-bond donors (Lipinski definition) is 2. The van der Waals surface area contributed by atoms with E-state index in [1.807, 2.05) is 24.3 Å². The molecule has 0 aromatic heterocycles. The van der Waals surface area contributed by atoms with Gasteiger partial charge in [-0.3, -0.25) is 9.59 Å². The van der Waals surface area contributed by atoms with Crippen molar-refractivity contribution < 1.29 is 19.4 Å². The van der Waals surface area contributed by atoms with Crippen LogP contribution in [-0.4, -0.2) is 29.1 Å². The molecule has 1 aromatic rings. The Balaban J connectivity index is 1.88. The van der Waals surface area contributed by atoms with Crippen LogP contribution < -0.4 is 10.1 Å². The van der Waals surface area contributed by atoms with Gasteiger partial charge in [-0.25, -0.2) is 0 Å². The normalized spacial score (nSPS) is 21.9. The number of carbonyl (C=O) groups is 2. The van der Waals surface area contributed by atoms with Gasteiger partial charge in [0.2, 0.25) is 0 Å². The van der Waals surface area contributed by atoms with Crippen LogP contribution in [0.25, 0.3) is 0 Å². The molecule has 23 heavy (non-hydrogen) atoms. The summed E-state index contributed by atoms with van der Waals surface area (Å²) in [5, 5.41) is 11.9. The monoisotopic (exact) mass is 319 g/mol. The molecule has 0 heterocycles. The number of hydrogen-bond acceptors (Lipinski definition) is 3. The highest BCUT2D eigenvalue weighted by molar-refractivity contribution is 5.81. The molecular formula is C18H25NO4. The third-order valence-electron chi connectivity index (χ3n) is 4.34. The van der Waals surface area contributed by atoms with E-state index in [9.17, 15) is 9.59 Å². The molecular weight excluding hydrogens is 294 g/mol. The van der Waals surface area contributed by atoms with E-state index in [1.54, 1.807) is 6.92 Å². The van der Waals surface area contributed by atoms with Crippen LogP contribution in [0.5, 0.6) is 5.75 Å². The Kier molecular flexibility index (Phi) is 5.64. The quantitative estimate of drug-likeness (QED) is 0.845. The van der Waals surface area contributed by atoms with Crippen LogP contribution in [-0.2, 0) is 9.59 Å². The second kappa shape index (κ2) is 7.49. The van der Waals surface area contributed by atoms with Gasteiger partial charge >= 0.3 is 5.97 Å². The molecule has 2 rings (SSSR count). The van der Waals surface area contributed by atoms with Crippen LogP contribution >= 0.6 is 0 Å². The van der Waals surface area contributed by atoms with Crippen molar-refractivity contribution in [1.29, 1.82) is 0 Å². The molecule has 1 amide bonds. The van der Waals surface area contributed by atoms with Crippen molar-refractivity contribution in [3.05, 3.63) is 29.8 Å². The molecule has 0 aliphatic heterocycles. The number of carboxylic acid groups (broad SMARTS) is 1. The molecule has 1 unspecified atom stereocenters. The van der Waals surface area contributed by atoms with Gasteiger partial charge in [-0.1, -0.05) is 26.0 Å². The summed E-state index contributed by atoms with van der Waals surface area (Å²) in [6.45, 7) is 5.92. The maximum Gasteiger partial charge on any atom is 0.306 e. The number of ether oxygens (including phenoxy) is 1. The van der Waals surface area contributed by atoms with Crippen molar-refractivity contribution in [2.75, 3.05) is 0 Å². The summed E-state index contributed by atoms with van der Waals surface area (Å²) < 4.78 is 5.72. The fourth-order valence-corrected chi connectivity index (χ4v) is 2.86. The van der Waals surface area contributed by atoms with E-state index in [-0.39, 0.29) is 17.9 Å². The smallest absolute Gasteiger partial charge is 0.306 e. The Labute approximate surface area is 137 Å². The predicted molar refractivity (Wildman–Crippen MR) is 87.5 cm³/mol. The first-order valence-electron chi connectivity index (χ1n) is 8.16. The Bertz CT molecular complexity index is 570. The Morgan fingerprint density at radius 2 is 2.00 bits per heavy atom. The maximum atomic E-state index is 12.2. The van der Waals surface area contributed by atoms with Crippen molar-refractivity contribution in [2.45, 2.75) is 58.1 Å². The standard InChI is InChI=1S/C18H25NO4/c1-11(2)13-5-4-6-16(10-13)23-12(3)17(20)19-15-8-7-14(9-15)18(21)22/h4-6,10-12,14-15H,7-9H2,1-3H3,(H,19,20)(H,21,22)/t12?,14-,15+/m0/s1. The summed E-state index contributed by atoms with van der Waals surface area (Å²) in [7, 11) is 0. The molecule has 5 nitrogen and oxygen atoms in total. The Morgan fingerprint density at radius 3 is 2.61 bits per heavy atom. The lowest BCUT2D eigenvalue weighted by atomic mass is 10.0. The molecule has 0 spiro atoms. The van der Waals surface area contributed by atoms with Crippen LogP contribution in [0.3, 0.4) is 0 Å². The van der Waals surface area contributed by atoms with Gasteiger partial charge in [0.15, 0.2) is 6.10 Å². The molecule has 126 valence electrons. The summed E-state index contributed by atoms with van der Waals surface area (Å²) in [5.41, 5.74) is 1.16. The third-order valence-corrected chi connectivity index (χ3v) is 4.34. The number of carbonyl (C=O) groups excluding carboxylic acids is 1. The zero-order valence-corrected chi connectivity index (χ0v) is 13.9. The van der Waals surface area contributed by atoms with E-state index in [0.717, 1.165) is 5.56 Å². The van der Waals surface area contributed by atoms with E-state index in [0.29, 0.717) is 30.9 Å². The number of benzene rings is 1. The molecule has 0 radical (unpaired) electrons. The van der Waals surface area contributed by atoms with E-state index in [4.69, 9.17) is 9.84 Å². The molecule has 2 N–H and O–H groups in total. The predicted octanol–water partition coefficient (Wildman–Crippen LogP) is 2.95. The van der Waals surface area contributed by atoms with Crippen LogP contribution in [0.15, 0.2) is 24.3 Å². The topological polar surface area (TPSA) is 75.6 Å². The second-order valence-electron chi connectivity index (χ2n) is 6.54. The van der Waals surface area contributed by atoms with E-state index >= 15 is 0 Å². The molecule has 0 saturated heterocycles. The number of amides is 1. The minimum atomic E-state index is -0.781. The van der Waals surface area contributed by atoms with Crippen molar-refractivity contribution in [1.82, 2.24) is 5.32 Å². The number of nitrogens with one attached hydrogen (secondary N) is 1. The average molecular weight is 319 g/mol. The maximum absolute atomic E-state index is 12.2. The first-order valence-corrected chi connectivity index (χ1v) is 8.16. The van der Waals surface area contributed by atoms with Gasteiger partial charge in [0.1, 0.15) is 5.75 Å². The van der Waals surface area contributed by atoms with Crippen LogP contribution in [0.2, 0.25) is 0 Å². The number of aliphatic carboxylic acids is 1. The summed E-state index contributed by atoms with van der Waals surface area (Å²) in [6, 6.07) is 7.67. The van der Waals surface area contributed by atoms with Crippen LogP contribution in [0, 0.1) is 5.92 Å². The van der Waals surface area contributed by atoms with Crippen LogP contribution in [0.1, 0.15) is 51.5 Å². The Morgan fingerprint density at radius 1 is 1.26 bits per heavy atom. The SMILES string of the molecule is CC(Oc1cccc(C(C)C)c1)C(=O)N[C@@H]1CC[C@H](C(=O)O)C1. The zero-order chi connectivity index (χ0) is 17.0. The average Bonchev–Trinajstić information content (AvgIpc) is 2.96. The molecule has 1 aliphatic rings. The van der Waals surface area contributed by atoms with Crippen molar-refractivity contribution >= 4 is 11.9 Å². The Hall–Kier alpha value is -2.04. The molecule has 1 aliphatic carbocycles. The molecule has 0 bridgehead atoms. The largest absolute Gasteiger partial charge is 0.481 e. The highest BCUT2D eigenvalue weighted by Crippen LogP contribution is 2.26. The van der Waals surface area contributed by atoms with Crippen LogP contribution in [0.4, 0.5) is 0 Å². The molecule has 1 aromatic carbocycles. The molecule has 1 fully saturated rings. The van der Waals surface area contributed by atoms with Gasteiger partial charge in [-0.05, 0) is 49.8 Å². The summed E-state index contributed by atoms with van der Waals surface area (Å²) >= 11 is 0. The van der Waals surface area contributed by atoms with E-state index in [2.05, 4.69) is 19.2 Å². The van der Waals surface area contributed by atoms with Crippen molar-refractivity contribution in [3.63, 3.8) is 0 Å². The highest BCUT2D eigenvalue weighted by atomic mass is 16.5. The fraction of sp³-hybridized carbons (Fsp3) is 0.556. The molecule has 3 atom stereocenters. The summed E-state index contributed by atoms with van der Waals surface area (Å²) in [4.78, 5) is 23.2. The highest BCUT2D eigenvalue weighted by Gasteiger charge is 2.31. The first-order chi connectivity index (χ1) is 10.9. The third kappa shape index (κ3) is 4.71. The summed E-state index contributed by atoms with van der Waals surface area (Å²) in [6.07, 6.45) is 1.21. The van der Waals surface area contributed by atoms with Gasteiger partial charge in [-0.15, -0.1) is 0 Å². The lowest BCUT2D eigenvalue weighted by Gasteiger charge is -2.19. The fourth-order valence-electron chi connectivity index (χ4n) is 2.86. The number of carboxylic acids is 1. The number of rotatable bonds is 6. The summed E-state index contributed by atoms with van der Waals surface area (Å²) in [5.74, 6) is -0.255. The van der Waals surface area contributed by atoms with Gasteiger partial charge in [0.25, 0.3) is 5.91 Å². The lowest BCUT2D eigenvalue weighted by molar-refractivity contribution is -0.141. The van der Waals surface area contributed by atoms with Gasteiger partial charge < -0.3 is 15.2 Å². The lowest BCUT2D eigenvalue weighted by Crippen LogP contribution is -2.41. The minimum absolute atomic E-state index is 0.0725. The van der Waals surface area contributed by atoms with Gasteiger partial charge in [0, 0.05) is 6.04 Å². The van der Waals surface area contributed by atoms with Crippen molar-refractivity contribution in [2.24, 2.45) is 5.92 Å². The first kappa shape index (κ1) is 17.3. The van der Waals surface area contributed by atoms with Gasteiger partial charge in [-0.2, -0.15) is 0 Å². The minimum Gasteiger partial charge on any atom is -0.481 e. The van der Waals surface area contributed by atoms with E-state index < -0.39 is 12.1 Å². The van der Waals surface area contributed by atoms with Crippen molar-refractivity contribution in [3.8, 4) is 5.75 Å². The molecule has 1 saturated carbocycles. The molecule has 5 heteroatoms.